The lowest BCUT2D eigenvalue weighted by atomic mass is 9.99. The third-order valence-electron chi connectivity index (χ3n) is 6.18. The molecule has 4 nitrogen and oxygen atoms in total. The first kappa shape index (κ1) is 22.8. The van der Waals surface area contributed by atoms with Gasteiger partial charge in [0.1, 0.15) is 5.70 Å². The van der Waals surface area contributed by atoms with Gasteiger partial charge in [0.2, 0.25) is 0 Å². The minimum Gasteiger partial charge on any atom is -0.362 e. The third kappa shape index (κ3) is 4.31. The quantitative estimate of drug-likeness (QED) is 0.421. The molecule has 0 spiro atoms. The molecule has 0 saturated heterocycles. The number of carbonyl (C=O) groups is 2. The van der Waals surface area contributed by atoms with Crippen LogP contribution in [0.3, 0.4) is 0 Å². The Labute approximate surface area is 200 Å². The molecule has 0 aliphatic carbocycles. The minimum absolute atomic E-state index is 0.328. The molecule has 0 bridgehead atoms. The predicted octanol–water partition coefficient (Wildman–Crippen LogP) is 6.07. The van der Waals surface area contributed by atoms with Crippen molar-refractivity contribution in [2.45, 2.75) is 34.2 Å². The first-order chi connectivity index (χ1) is 15.8. The SMILES string of the molecule is CCN(Cc1ccccc1)C1=C(c2ccc(C)c(C)c2)C(=O)N(c2ccc(C)c(Cl)c2)C1=O. The Morgan fingerprint density at radius 1 is 0.818 bits per heavy atom. The number of amides is 2. The second kappa shape index (κ2) is 9.24. The fraction of sp³-hybridized carbons (Fsp3) is 0.214. The van der Waals surface area contributed by atoms with Crippen molar-refractivity contribution in [3.05, 3.63) is 105 Å². The first-order valence-electron chi connectivity index (χ1n) is 11.1. The highest BCUT2D eigenvalue weighted by molar-refractivity contribution is 6.45. The number of carbonyl (C=O) groups excluding carboxylic acids is 2. The summed E-state index contributed by atoms with van der Waals surface area (Å²) in [6.07, 6.45) is 0. The van der Waals surface area contributed by atoms with E-state index in [4.69, 9.17) is 11.6 Å². The van der Waals surface area contributed by atoms with Crippen LogP contribution in [0.4, 0.5) is 5.69 Å². The Hall–Kier alpha value is -3.37. The lowest BCUT2D eigenvalue weighted by Gasteiger charge is -2.25. The molecule has 0 fully saturated rings. The maximum atomic E-state index is 13.8. The predicted molar refractivity (Wildman–Crippen MR) is 134 cm³/mol. The van der Waals surface area contributed by atoms with E-state index in [-0.39, 0.29) is 11.8 Å². The highest BCUT2D eigenvalue weighted by atomic mass is 35.5. The third-order valence-corrected chi connectivity index (χ3v) is 6.59. The lowest BCUT2D eigenvalue weighted by molar-refractivity contribution is -0.120. The number of hydrogen-bond donors (Lipinski definition) is 0. The van der Waals surface area contributed by atoms with Crippen LogP contribution in [0.25, 0.3) is 5.57 Å². The van der Waals surface area contributed by atoms with Crippen molar-refractivity contribution in [1.82, 2.24) is 4.90 Å². The molecule has 3 aromatic rings. The van der Waals surface area contributed by atoms with E-state index in [1.54, 1.807) is 12.1 Å². The summed E-state index contributed by atoms with van der Waals surface area (Å²) in [5.74, 6) is -0.657. The van der Waals surface area contributed by atoms with Gasteiger partial charge in [-0.05, 0) is 67.6 Å². The Balaban J connectivity index is 1.86. The fourth-order valence-electron chi connectivity index (χ4n) is 4.08. The second-order valence-corrected chi connectivity index (χ2v) is 8.81. The second-order valence-electron chi connectivity index (χ2n) is 8.40. The molecule has 0 saturated carbocycles. The molecule has 0 atom stereocenters. The Kier molecular flexibility index (Phi) is 6.39. The van der Waals surface area contributed by atoms with Crippen molar-refractivity contribution in [1.29, 1.82) is 0 Å². The highest BCUT2D eigenvalue weighted by Crippen LogP contribution is 2.37. The van der Waals surface area contributed by atoms with Crippen LogP contribution < -0.4 is 4.90 Å². The molecule has 0 aromatic heterocycles. The van der Waals surface area contributed by atoms with E-state index in [0.29, 0.717) is 35.1 Å². The zero-order valence-electron chi connectivity index (χ0n) is 19.4. The van der Waals surface area contributed by atoms with Gasteiger partial charge in [0, 0.05) is 18.1 Å². The Morgan fingerprint density at radius 3 is 2.15 bits per heavy atom. The lowest BCUT2D eigenvalue weighted by Crippen LogP contribution is -2.35. The van der Waals surface area contributed by atoms with E-state index >= 15 is 0 Å². The number of benzene rings is 3. The zero-order valence-corrected chi connectivity index (χ0v) is 20.1. The summed E-state index contributed by atoms with van der Waals surface area (Å²) in [5.41, 5.74) is 6.25. The number of hydrogen-bond acceptors (Lipinski definition) is 3. The molecular weight excluding hydrogens is 432 g/mol. The number of imide groups is 1. The Morgan fingerprint density at radius 2 is 1.52 bits per heavy atom. The normalized spacial score (nSPS) is 13.8. The summed E-state index contributed by atoms with van der Waals surface area (Å²) >= 11 is 6.34. The monoisotopic (exact) mass is 458 g/mol. The van der Waals surface area contributed by atoms with E-state index in [9.17, 15) is 9.59 Å². The van der Waals surface area contributed by atoms with Crippen LogP contribution in [-0.2, 0) is 16.1 Å². The summed E-state index contributed by atoms with van der Waals surface area (Å²) in [6.45, 7) is 9.05. The van der Waals surface area contributed by atoms with Crippen molar-refractivity contribution in [3.63, 3.8) is 0 Å². The van der Waals surface area contributed by atoms with Gasteiger partial charge in [0.25, 0.3) is 11.8 Å². The molecule has 3 aromatic carbocycles. The molecule has 2 amide bonds. The zero-order chi connectivity index (χ0) is 23.7. The van der Waals surface area contributed by atoms with Gasteiger partial charge < -0.3 is 4.90 Å². The molecule has 0 N–H and O–H groups in total. The summed E-state index contributed by atoms with van der Waals surface area (Å²) in [7, 11) is 0. The summed E-state index contributed by atoms with van der Waals surface area (Å²) in [4.78, 5) is 30.8. The highest BCUT2D eigenvalue weighted by Gasteiger charge is 2.42. The van der Waals surface area contributed by atoms with Gasteiger partial charge in [-0.15, -0.1) is 0 Å². The topological polar surface area (TPSA) is 40.6 Å². The van der Waals surface area contributed by atoms with Crippen molar-refractivity contribution in [2.75, 3.05) is 11.4 Å². The Bertz CT molecular complexity index is 1260. The average molecular weight is 459 g/mol. The van der Waals surface area contributed by atoms with Crippen LogP contribution in [0.5, 0.6) is 0 Å². The number of halogens is 1. The number of nitrogens with zero attached hydrogens (tertiary/aromatic N) is 2. The van der Waals surface area contributed by atoms with Crippen molar-refractivity contribution >= 4 is 34.7 Å². The van der Waals surface area contributed by atoms with Crippen LogP contribution >= 0.6 is 11.6 Å². The van der Waals surface area contributed by atoms with E-state index in [1.165, 1.54) is 4.90 Å². The van der Waals surface area contributed by atoms with E-state index in [1.807, 2.05) is 87.2 Å². The van der Waals surface area contributed by atoms with Gasteiger partial charge in [-0.1, -0.05) is 66.2 Å². The molecule has 5 heteroatoms. The van der Waals surface area contributed by atoms with E-state index < -0.39 is 0 Å². The maximum Gasteiger partial charge on any atom is 0.282 e. The van der Waals surface area contributed by atoms with Crippen LogP contribution in [0.1, 0.15) is 34.7 Å². The van der Waals surface area contributed by atoms with E-state index in [2.05, 4.69) is 0 Å². The van der Waals surface area contributed by atoms with Crippen LogP contribution in [-0.4, -0.2) is 23.3 Å². The largest absolute Gasteiger partial charge is 0.362 e. The minimum atomic E-state index is -0.329. The molecule has 1 aliphatic rings. The van der Waals surface area contributed by atoms with Crippen molar-refractivity contribution in [2.24, 2.45) is 0 Å². The van der Waals surface area contributed by atoms with Crippen LogP contribution in [0.2, 0.25) is 5.02 Å². The average Bonchev–Trinajstić information content (AvgIpc) is 3.06. The first-order valence-corrected chi connectivity index (χ1v) is 11.4. The van der Waals surface area contributed by atoms with Gasteiger partial charge in [-0.3, -0.25) is 9.59 Å². The van der Waals surface area contributed by atoms with Gasteiger partial charge in [-0.25, -0.2) is 4.90 Å². The van der Waals surface area contributed by atoms with Gasteiger partial charge in [0.05, 0.1) is 11.3 Å². The smallest absolute Gasteiger partial charge is 0.282 e. The molecule has 168 valence electrons. The number of aryl methyl sites for hydroxylation is 3. The summed E-state index contributed by atoms with van der Waals surface area (Å²) < 4.78 is 0. The standard InChI is InChI=1S/C28H27ClN2O2/c1-5-30(17-21-9-7-6-8-10-21)26-25(22-13-11-18(2)20(4)15-22)27(32)31(28(26)33)23-14-12-19(3)24(29)16-23/h6-16H,5,17H2,1-4H3. The van der Waals surface area contributed by atoms with Gasteiger partial charge in [-0.2, -0.15) is 0 Å². The maximum absolute atomic E-state index is 13.8. The molecule has 0 unspecified atom stereocenters. The number of likely N-dealkylation sites (N-methyl/N-ethyl adjacent to an activating group) is 1. The van der Waals surface area contributed by atoms with Crippen LogP contribution in [0, 0.1) is 20.8 Å². The van der Waals surface area contributed by atoms with Gasteiger partial charge >= 0.3 is 0 Å². The molecular formula is C28H27ClN2O2. The van der Waals surface area contributed by atoms with E-state index in [0.717, 1.165) is 27.8 Å². The number of anilines is 1. The van der Waals surface area contributed by atoms with Crippen LogP contribution in [0.15, 0.2) is 72.4 Å². The molecule has 0 radical (unpaired) electrons. The molecule has 1 aliphatic heterocycles. The number of rotatable bonds is 6. The fourth-order valence-corrected chi connectivity index (χ4v) is 4.25. The van der Waals surface area contributed by atoms with Crippen molar-refractivity contribution in [3.8, 4) is 0 Å². The molecule has 33 heavy (non-hydrogen) atoms. The van der Waals surface area contributed by atoms with Gasteiger partial charge in [0.15, 0.2) is 0 Å². The summed E-state index contributed by atoms with van der Waals surface area (Å²) in [6, 6.07) is 21.1. The van der Waals surface area contributed by atoms with Crippen molar-refractivity contribution < 1.29 is 9.59 Å². The molecule has 1 heterocycles. The summed E-state index contributed by atoms with van der Waals surface area (Å²) in [5, 5.41) is 0.519. The molecule has 4 rings (SSSR count).